The maximum absolute atomic E-state index is 11.2. The summed E-state index contributed by atoms with van der Waals surface area (Å²) in [5.41, 5.74) is 1.21. The number of hydrogen-bond donors (Lipinski definition) is 2. The summed E-state index contributed by atoms with van der Waals surface area (Å²) in [5.74, 6) is -0.754. The second-order valence-electron chi connectivity index (χ2n) is 4.93. The molecule has 2 unspecified atom stereocenters. The smallest absolute Gasteiger partial charge is 0.320 e. The van der Waals surface area contributed by atoms with E-state index >= 15 is 0 Å². The van der Waals surface area contributed by atoms with Gasteiger partial charge in [-0.25, -0.2) is 0 Å². The molecule has 0 radical (unpaired) electrons. The highest BCUT2D eigenvalue weighted by Crippen LogP contribution is 2.12. The Balaban J connectivity index is 2.49. The number of hydrogen-bond acceptors (Lipinski definition) is 2. The molecule has 0 bridgehead atoms. The number of unbranched alkanes of at least 4 members (excludes halogenated alkanes) is 1. The van der Waals surface area contributed by atoms with Crippen molar-refractivity contribution < 1.29 is 9.90 Å². The Bertz CT molecular complexity index is 392. The number of rotatable bonds is 8. The zero-order valence-electron chi connectivity index (χ0n) is 11.5. The number of benzene rings is 1. The van der Waals surface area contributed by atoms with E-state index in [2.05, 4.69) is 40.3 Å². The average molecular weight is 328 g/mol. The van der Waals surface area contributed by atoms with Crippen molar-refractivity contribution in [1.29, 1.82) is 0 Å². The van der Waals surface area contributed by atoms with E-state index in [0.29, 0.717) is 6.42 Å². The van der Waals surface area contributed by atoms with Gasteiger partial charge in [-0.1, -0.05) is 47.8 Å². The molecule has 0 saturated carbocycles. The van der Waals surface area contributed by atoms with E-state index in [-0.39, 0.29) is 6.04 Å². The minimum atomic E-state index is -0.754. The van der Waals surface area contributed by atoms with Crippen LogP contribution in [0.4, 0.5) is 0 Å². The van der Waals surface area contributed by atoms with Crippen molar-refractivity contribution in [3.05, 3.63) is 34.3 Å². The van der Waals surface area contributed by atoms with Crippen LogP contribution in [0.5, 0.6) is 0 Å². The van der Waals surface area contributed by atoms with E-state index < -0.39 is 12.0 Å². The number of carbonyl (C=O) groups is 1. The number of carboxylic acid groups (broad SMARTS) is 1. The fourth-order valence-corrected chi connectivity index (χ4v) is 2.33. The first-order valence-electron chi connectivity index (χ1n) is 6.76. The van der Waals surface area contributed by atoms with Crippen LogP contribution in [0, 0.1) is 0 Å². The van der Waals surface area contributed by atoms with Crippen LogP contribution in [0.15, 0.2) is 28.7 Å². The standard InChI is InChI=1S/C15H22BrNO2/c1-3-4-5-14(15(18)19)17-11(2)10-12-6-8-13(16)9-7-12/h6-9,11,14,17H,3-5,10H2,1-2H3,(H,18,19). The molecule has 0 aliphatic carbocycles. The Hall–Kier alpha value is -0.870. The first-order chi connectivity index (χ1) is 9.02. The Kier molecular flexibility index (Phi) is 7.10. The zero-order chi connectivity index (χ0) is 14.3. The van der Waals surface area contributed by atoms with Gasteiger partial charge in [0.05, 0.1) is 0 Å². The van der Waals surface area contributed by atoms with Crippen LogP contribution in [0.1, 0.15) is 38.7 Å². The Labute approximate surface area is 123 Å². The summed E-state index contributed by atoms with van der Waals surface area (Å²) in [4.78, 5) is 11.2. The van der Waals surface area contributed by atoms with E-state index in [9.17, 15) is 9.90 Å². The van der Waals surface area contributed by atoms with Gasteiger partial charge < -0.3 is 10.4 Å². The summed E-state index contributed by atoms with van der Waals surface area (Å²) < 4.78 is 1.06. The predicted octanol–water partition coefficient (Wildman–Crippen LogP) is 3.61. The Morgan fingerprint density at radius 3 is 2.53 bits per heavy atom. The van der Waals surface area contributed by atoms with Gasteiger partial charge in [0.1, 0.15) is 6.04 Å². The highest BCUT2D eigenvalue weighted by molar-refractivity contribution is 9.10. The Morgan fingerprint density at radius 2 is 2.00 bits per heavy atom. The fourth-order valence-electron chi connectivity index (χ4n) is 2.06. The summed E-state index contributed by atoms with van der Waals surface area (Å²) in [5, 5.41) is 12.4. The molecular weight excluding hydrogens is 306 g/mol. The van der Waals surface area contributed by atoms with Crippen LogP contribution in [-0.4, -0.2) is 23.2 Å². The van der Waals surface area contributed by atoms with Crippen LogP contribution in [-0.2, 0) is 11.2 Å². The summed E-state index contributed by atoms with van der Waals surface area (Å²) >= 11 is 3.41. The molecule has 0 amide bonds. The van der Waals surface area contributed by atoms with Gasteiger partial charge in [0.15, 0.2) is 0 Å². The third-order valence-corrected chi connectivity index (χ3v) is 3.61. The maximum Gasteiger partial charge on any atom is 0.320 e. The van der Waals surface area contributed by atoms with Gasteiger partial charge in [-0.2, -0.15) is 0 Å². The number of halogens is 1. The highest BCUT2D eigenvalue weighted by atomic mass is 79.9. The van der Waals surface area contributed by atoms with Crippen LogP contribution in [0.3, 0.4) is 0 Å². The number of nitrogens with one attached hydrogen (secondary N) is 1. The fraction of sp³-hybridized carbons (Fsp3) is 0.533. The molecule has 2 atom stereocenters. The second-order valence-corrected chi connectivity index (χ2v) is 5.85. The highest BCUT2D eigenvalue weighted by Gasteiger charge is 2.18. The molecule has 2 N–H and O–H groups in total. The first kappa shape index (κ1) is 16.2. The van der Waals surface area contributed by atoms with Crippen molar-refractivity contribution in [2.24, 2.45) is 0 Å². The average Bonchev–Trinajstić information content (AvgIpc) is 2.37. The van der Waals surface area contributed by atoms with Crippen molar-refractivity contribution in [3.63, 3.8) is 0 Å². The maximum atomic E-state index is 11.2. The molecule has 1 aromatic carbocycles. The third kappa shape index (κ3) is 6.21. The molecule has 4 heteroatoms. The normalized spacial score (nSPS) is 14.1. The summed E-state index contributed by atoms with van der Waals surface area (Å²) in [6, 6.07) is 7.85. The van der Waals surface area contributed by atoms with Crippen molar-refractivity contribution in [1.82, 2.24) is 5.32 Å². The summed E-state index contributed by atoms with van der Waals surface area (Å²) in [6.45, 7) is 4.11. The number of aliphatic carboxylic acids is 1. The van der Waals surface area contributed by atoms with Gasteiger partial charge in [-0.3, -0.25) is 4.79 Å². The lowest BCUT2D eigenvalue weighted by molar-refractivity contribution is -0.139. The van der Waals surface area contributed by atoms with Crippen LogP contribution in [0.2, 0.25) is 0 Å². The molecule has 0 aliphatic rings. The van der Waals surface area contributed by atoms with Crippen LogP contribution < -0.4 is 5.32 Å². The van der Waals surface area contributed by atoms with Gasteiger partial charge in [-0.05, 0) is 37.5 Å². The quantitative estimate of drug-likeness (QED) is 0.766. The van der Waals surface area contributed by atoms with Crippen LogP contribution in [0.25, 0.3) is 0 Å². The lowest BCUT2D eigenvalue weighted by Crippen LogP contribution is -2.42. The second kappa shape index (κ2) is 8.33. The first-order valence-corrected chi connectivity index (χ1v) is 7.55. The van der Waals surface area contributed by atoms with E-state index in [0.717, 1.165) is 23.7 Å². The molecule has 0 fully saturated rings. The monoisotopic (exact) mass is 327 g/mol. The molecule has 1 aromatic rings. The molecule has 19 heavy (non-hydrogen) atoms. The van der Waals surface area contributed by atoms with Gasteiger partial charge in [0.25, 0.3) is 0 Å². The van der Waals surface area contributed by atoms with Crippen molar-refractivity contribution in [2.75, 3.05) is 0 Å². The van der Waals surface area contributed by atoms with Gasteiger partial charge in [0.2, 0.25) is 0 Å². The van der Waals surface area contributed by atoms with Crippen molar-refractivity contribution in [2.45, 2.75) is 51.6 Å². The third-order valence-electron chi connectivity index (χ3n) is 3.09. The molecule has 0 spiro atoms. The van der Waals surface area contributed by atoms with E-state index in [1.165, 1.54) is 5.56 Å². The SMILES string of the molecule is CCCCC(NC(C)Cc1ccc(Br)cc1)C(=O)O. The molecule has 1 rings (SSSR count). The minimum Gasteiger partial charge on any atom is -0.480 e. The lowest BCUT2D eigenvalue weighted by Gasteiger charge is -2.20. The van der Waals surface area contributed by atoms with Gasteiger partial charge in [0, 0.05) is 10.5 Å². The van der Waals surface area contributed by atoms with Crippen molar-refractivity contribution >= 4 is 21.9 Å². The van der Waals surface area contributed by atoms with E-state index in [4.69, 9.17) is 0 Å². The minimum absolute atomic E-state index is 0.152. The largest absolute Gasteiger partial charge is 0.480 e. The lowest BCUT2D eigenvalue weighted by atomic mass is 10.0. The van der Waals surface area contributed by atoms with Gasteiger partial charge in [-0.15, -0.1) is 0 Å². The molecular formula is C15H22BrNO2. The number of carboxylic acids is 1. The van der Waals surface area contributed by atoms with Gasteiger partial charge >= 0.3 is 5.97 Å². The zero-order valence-corrected chi connectivity index (χ0v) is 13.1. The Morgan fingerprint density at radius 1 is 1.37 bits per heavy atom. The van der Waals surface area contributed by atoms with Crippen LogP contribution >= 0.6 is 15.9 Å². The molecule has 106 valence electrons. The molecule has 0 aromatic heterocycles. The molecule has 0 aliphatic heterocycles. The van der Waals surface area contributed by atoms with Crippen molar-refractivity contribution in [3.8, 4) is 0 Å². The molecule has 0 heterocycles. The van der Waals surface area contributed by atoms with E-state index in [1.54, 1.807) is 0 Å². The predicted molar refractivity (Wildman–Crippen MR) is 81.4 cm³/mol. The molecule has 3 nitrogen and oxygen atoms in total. The molecule has 0 saturated heterocycles. The summed E-state index contributed by atoms with van der Waals surface area (Å²) in [6.07, 6.45) is 3.49. The topological polar surface area (TPSA) is 49.3 Å². The van der Waals surface area contributed by atoms with E-state index in [1.807, 2.05) is 19.1 Å². The summed E-state index contributed by atoms with van der Waals surface area (Å²) in [7, 11) is 0.